The van der Waals surface area contributed by atoms with Crippen LogP contribution in [0.3, 0.4) is 0 Å². The highest BCUT2D eigenvalue weighted by atomic mass is 19.1. The van der Waals surface area contributed by atoms with Crippen molar-refractivity contribution in [2.24, 2.45) is 12.8 Å². The Bertz CT molecular complexity index is 1210. The van der Waals surface area contributed by atoms with Gasteiger partial charge in [0, 0.05) is 31.1 Å². The number of primary amides is 1. The highest BCUT2D eigenvalue weighted by molar-refractivity contribution is 6.03. The molecule has 0 fully saturated rings. The van der Waals surface area contributed by atoms with E-state index in [0.717, 1.165) is 16.8 Å². The van der Waals surface area contributed by atoms with Crippen LogP contribution in [0, 0.1) is 5.82 Å². The molecule has 0 bridgehead atoms. The van der Waals surface area contributed by atoms with Crippen LogP contribution in [0.25, 0.3) is 10.8 Å². The Balaban J connectivity index is 1.80. The lowest BCUT2D eigenvalue weighted by atomic mass is 10.1. The van der Waals surface area contributed by atoms with Gasteiger partial charge in [0.15, 0.2) is 12.3 Å². The van der Waals surface area contributed by atoms with E-state index in [9.17, 15) is 23.6 Å². The van der Waals surface area contributed by atoms with E-state index < -0.39 is 30.2 Å². The normalized spacial score (nSPS) is 10.6. The van der Waals surface area contributed by atoms with Gasteiger partial charge in [-0.15, -0.1) is 0 Å². The van der Waals surface area contributed by atoms with Crippen molar-refractivity contribution in [2.75, 3.05) is 18.1 Å². The van der Waals surface area contributed by atoms with Gasteiger partial charge in [-0.25, -0.2) is 13.9 Å². The van der Waals surface area contributed by atoms with Crippen molar-refractivity contribution < 1.29 is 23.5 Å². The fourth-order valence-electron chi connectivity index (χ4n) is 2.96. The maximum Gasteiger partial charge on any atom is 0.359 e. The summed E-state index contributed by atoms with van der Waals surface area (Å²) in [6, 6.07) is 11.4. The number of amides is 2. The second kappa shape index (κ2) is 9.16. The summed E-state index contributed by atoms with van der Waals surface area (Å²) >= 11 is 0. The van der Waals surface area contributed by atoms with Crippen LogP contribution in [-0.2, 0) is 21.4 Å². The summed E-state index contributed by atoms with van der Waals surface area (Å²) < 4.78 is 19.4. The van der Waals surface area contributed by atoms with Crippen molar-refractivity contribution in [2.45, 2.75) is 6.42 Å². The average molecular weight is 426 g/mol. The smallest absolute Gasteiger partial charge is 0.359 e. The molecule has 160 valence electrons. The van der Waals surface area contributed by atoms with E-state index in [-0.39, 0.29) is 29.6 Å². The average Bonchev–Trinajstić information content (AvgIpc) is 2.75. The van der Waals surface area contributed by atoms with Crippen molar-refractivity contribution in [3.05, 3.63) is 70.4 Å². The Morgan fingerprint density at radius 3 is 2.39 bits per heavy atom. The Kier molecular flexibility index (Phi) is 6.39. The predicted octanol–water partition coefficient (Wildman–Crippen LogP) is 1.14. The van der Waals surface area contributed by atoms with Gasteiger partial charge in [-0.2, -0.15) is 5.10 Å². The number of fused-ring (bicyclic) bond motifs is 1. The summed E-state index contributed by atoms with van der Waals surface area (Å²) in [5.74, 6) is -2.66. The number of nitrogens with zero attached hydrogens (tertiary/aromatic N) is 3. The molecule has 0 aliphatic rings. The zero-order valence-electron chi connectivity index (χ0n) is 16.6. The predicted molar refractivity (Wildman–Crippen MR) is 110 cm³/mol. The van der Waals surface area contributed by atoms with Crippen LogP contribution in [0.4, 0.5) is 10.1 Å². The van der Waals surface area contributed by atoms with Gasteiger partial charge in [0.05, 0.1) is 5.39 Å². The number of anilines is 1. The molecule has 0 aliphatic carbocycles. The van der Waals surface area contributed by atoms with E-state index in [1.165, 1.54) is 24.1 Å². The molecule has 31 heavy (non-hydrogen) atoms. The van der Waals surface area contributed by atoms with Gasteiger partial charge in [0.25, 0.3) is 11.5 Å². The first-order valence-electron chi connectivity index (χ1n) is 9.25. The summed E-state index contributed by atoms with van der Waals surface area (Å²) in [6.07, 6.45) is -0.135. The molecule has 0 atom stereocenters. The van der Waals surface area contributed by atoms with E-state index in [1.54, 1.807) is 24.3 Å². The minimum Gasteiger partial charge on any atom is -0.451 e. The first-order chi connectivity index (χ1) is 14.8. The van der Waals surface area contributed by atoms with Crippen molar-refractivity contribution in [1.82, 2.24) is 9.78 Å². The molecule has 0 saturated carbocycles. The highest BCUT2D eigenvalue weighted by Gasteiger charge is 2.21. The van der Waals surface area contributed by atoms with Gasteiger partial charge >= 0.3 is 5.97 Å². The Morgan fingerprint density at radius 2 is 1.74 bits per heavy atom. The monoisotopic (exact) mass is 426 g/mol. The third-order valence-corrected chi connectivity index (χ3v) is 4.50. The number of halogens is 1. The van der Waals surface area contributed by atoms with Crippen LogP contribution in [0.1, 0.15) is 16.9 Å². The third kappa shape index (κ3) is 4.92. The molecule has 2 N–H and O–H groups in total. The number of aromatic nitrogens is 2. The molecule has 2 aromatic carbocycles. The summed E-state index contributed by atoms with van der Waals surface area (Å²) in [6.45, 7) is -0.730. The van der Waals surface area contributed by atoms with Crippen LogP contribution >= 0.6 is 0 Å². The van der Waals surface area contributed by atoms with Crippen LogP contribution in [-0.4, -0.2) is 40.7 Å². The second-order valence-corrected chi connectivity index (χ2v) is 6.64. The Labute approximate surface area is 175 Å². The molecule has 0 saturated heterocycles. The molecule has 0 spiro atoms. The molecule has 10 heteroatoms. The van der Waals surface area contributed by atoms with Gasteiger partial charge in [-0.05, 0) is 30.3 Å². The van der Waals surface area contributed by atoms with Gasteiger partial charge < -0.3 is 15.4 Å². The zero-order valence-corrected chi connectivity index (χ0v) is 16.6. The molecule has 0 unspecified atom stereocenters. The lowest BCUT2D eigenvalue weighted by molar-refractivity contribution is -0.121. The third-order valence-electron chi connectivity index (χ3n) is 4.50. The Hall–Kier alpha value is -4.08. The van der Waals surface area contributed by atoms with Crippen LogP contribution in [0.2, 0.25) is 0 Å². The maximum absolute atomic E-state index is 13.2. The number of carbonyl (C=O) groups is 3. The number of carbonyl (C=O) groups excluding carboxylic acids is 3. The Morgan fingerprint density at radius 1 is 1.10 bits per heavy atom. The molecule has 0 aliphatic heterocycles. The number of rotatable bonds is 7. The lowest BCUT2D eigenvalue weighted by Gasteiger charge is -2.22. The van der Waals surface area contributed by atoms with E-state index in [1.807, 2.05) is 0 Å². The van der Waals surface area contributed by atoms with E-state index in [0.29, 0.717) is 11.1 Å². The van der Waals surface area contributed by atoms with Crippen LogP contribution < -0.4 is 16.2 Å². The minimum absolute atomic E-state index is 0.0711. The van der Waals surface area contributed by atoms with Crippen molar-refractivity contribution in [1.29, 1.82) is 0 Å². The fraction of sp³-hybridized carbons (Fsp3) is 0.190. The van der Waals surface area contributed by atoms with Crippen LogP contribution in [0.15, 0.2) is 53.3 Å². The van der Waals surface area contributed by atoms with Crippen LogP contribution in [0.5, 0.6) is 0 Å². The summed E-state index contributed by atoms with van der Waals surface area (Å²) in [5, 5.41) is 4.54. The molecular weight excluding hydrogens is 407 g/mol. The maximum atomic E-state index is 13.2. The minimum atomic E-state index is -0.894. The number of nitrogens with two attached hydrogens (primary N) is 1. The standard InChI is InChI=1S/C21H19FN4O5/c1-25-20(29)16-5-3-2-4-15(16)19(24-25)21(30)31-12-18(28)26(11-10-17(23)27)14-8-6-13(22)7-9-14/h2-9H,10-12H2,1H3,(H2,23,27). The summed E-state index contributed by atoms with van der Waals surface area (Å²) in [7, 11) is 1.40. The van der Waals surface area contributed by atoms with E-state index >= 15 is 0 Å². The molecule has 3 aromatic rings. The topological polar surface area (TPSA) is 125 Å². The van der Waals surface area contributed by atoms with Gasteiger partial charge in [0.1, 0.15) is 5.82 Å². The number of ether oxygens (including phenoxy) is 1. The highest BCUT2D eigenvalue weighted by Crippen LogP contribution is 2.17. The van der Waals surface area contributed by atoms with Gasteiger partial charge in [-0.3, -0.25) is 14.4 Å². The molecule has 1 heterocycles. The number of hydrogen-bond donors (Lipinski definition) is 1. The first kappa shape index (κ1) is 21.6. The van der Waals surface area contributed by atoms with E-state index in [2.05, 4.69) is 5.10 Å². The number of benzene rings is 2. The molecule has 1 aromatic heterocycles. The number of aryl methyl sites for hydroxylation is 1. The summed E-state index contributed by atoms with van der Waals surface area (Å²) in [4.78, 5) is 49.8. The largest absolute Gasteiger partial charge is 0.451 e. The fourth-order valence-corrected chi connectivity index (χ4v) is 2.96. The van der Waals surface area contributed by atoms with Crippen molar-refractivity contribution in [3.63, 3.8) is 0 Å². The molecule has 0 radical (unpaired) electrons. The molecule has 3 rings (SSSR count). The van der Waals surface area contributed by atoms with E-state index in [4.69, 9.17) is 10.5 Å². The second-order valence-electron chi connectivity index (χ2n) is 6.64. The number of esters is 1. The molecular formula is C21H19FN4O5. The summed E-state index contributed by atoms with van der Waals surface area (Å²) in [5.41, 5.74) is 4.98. The first-order valence-corrected chi connectivity index (χ1v) is 9.25. The SMILES string of the molecule is Cn1nc(C(=O)OCC(=O)N(CCC(N)=O)c2ccc(F)cc2)c2ccccc2c1=O. The van der Waals surface area contributed by atoms with Crippen molar-refractivity contribution >= 4 is 34.2 Å². The quantitative estimate of drug-likeness (QED) is 0.565. The number of hydrogen-bond acceptors (Lipinski definition) is 6. The van der Waals surface area contributed by atoms with Gasteiger partial charge in [0.2, 0.25) is 5.91 Å². The molecule has 9 nitrogen and oxygen atoms in total. The van der Waals surface area contributed by atoms with Gasteiger partial charge in [-0.1, -0.05) is 18.2 Å². The zero-order chi connectivity index (χ0) is 22.5. The van der Waals surface area contributed by atoms with Crippen molar-refractivity contribution in [3.8, 4) is 0 Å². The lowest BCUT2D eigenvalue weighted by Crippen LogP contribution is -2.37. The molecule has 2 amide bonds.